The van der Waals surface area contributed by atoms with E-state index in [1.54, 1.807) is 6.08 Å². The van der Waals surface area contributed by atoms with Gasteiger partial charge in [-0.25, -0.2) is 0 Å². The van der Waals surface area contributed by atoms with Crippen molar-refractivity contribution in [3.63, 3.8) is 0 Å². The first-order chi connectivity index (χ1) is 8.47. The van der Waals surface area contributed by atoms with Crippen LogP contribution in [-0.4, -0.2) is 12.1 Å². The second-order valence-electron chi connectivity index (χ2n) is 7.29. The molecule has 0 aromatic carbocycles. The fraction of sp³-hybridized carbons (Fsp3) is 0.647. The van der Waals surface area contributed by atoms with Crippen molar-refractivity contribution in [2.24, 2.45) is 16.7 Å². The Balaban J connectivity index is 5.00. The average molecular weight is 264 g/mol. The number of carbonyl (C=O) groups excluding carboxylic acids is 2. The number of hydrogen-bond acceptors (Lipinski definition) is 2. The van der Waals surface area contributed by atoms with Crippen LogP contribution in [0.15, 0.2) is 23.8 Å². The van der Waals surface area contributed by atoms with E-state index in [4.69, 9.17) is 0 Å². The van der Waals surface area contributed by atoms with E-state index in [0.29, 0.717) is 12.0 Å². The van der Waals surface area contributed by atoms with Crippen molar-refractivity contribution in [3.8, 4) is 0 Å². The molecule has 0 amide bonds. The summed E-state index contributed by atoms with van der Waals surface area (Å²) in [5.74, 6) is 0.118. The number of rotatable bonds is 5. The SMILES string of the molecule is CC(=CC(CC=O)C(C)(C)C)C(=O)C=CC(C)(C)C. The lowest BCUT2D eigenvalue weighted by Gasteiger charge is -2.27. The monoisotopic (exact) mass is 264 g/mol. The maximum atomic E-state index is 12.0. The molecule has 2 nitrogen and oxygen atoms in total. The van der Waals surface area contributed by atoms with Crippen LogP contribution in [0.2, 0.25) is 0 Å². The van der Waals surface area contributed by atoms with Crippen LogP contribution in [0.25, 0.3) is 0 Å². The first-order valence-corrected chi connectivity index (χ1v) is 6.83. The van der Waals surface area contributed by atoms with Crippen molar-refractivity contribution < 1.29 is 9.59 Å². The summed E-state index contributed by atoms with van der Waals surface area (Å²) < 4.78 is 0. The molecule has 0 radical (unpaired) electrons. The highest BCUT2D eigenvalue weighted by atomic mass is 16.1. The average Bonchev–Trinajstić information content (AvgIpc) is 2.22. The molecule has 0 spiro atoms. The Morgan fingerprint density at radius 1 is 1.11 bits per heavy atom. The predicted molar refractivity (Wildman–Crippen MR) is 81.0 cm³/mol. The van der Waals surface area contributed by atoms with E-state index in [2.05, 4.69) is 41.5 Å². The fourth-order valence-electron chi connectivity index (χ4n) is 1.62. The maximum Gasteiger partial charge on any atom is 0.180 e. The largest absolute Gasteiger partial charge is 0.303 e. The van der Waals surface area contributed by atoms with Crippen LogP contribution in [-0.2, 0) is 9.59 Å². The highest BCUT2D eigenvalue weighted by molar-refractivity contribution is 6.03. The Labute approximate surface area is 118 Å². The minimum atomic E-state index is -0.0177. The number of aldehydes is 1. The highest BCUT2D eigenvalue weighted by Crippen LogP contribution is 2.30. The summed E-state index contributed by atoms with van der Waals surface area (Å²) in [4.78, 5) is 22.8. The molecule has 0 aromatic heterocycles. The normalized spacial score (nSPS) is 15.6. The van der Waals surface area contributed by atoms with Gasteiger partial charge in [-0.05, 0) is 35.3 Å². The molecule has 0 N–H and O–H groups in total. The Morgan fingerprint density at radius 2 is 1.63 bits per heavy atom. The van der Waals surface area contributed by atoms with Gasteiger partial charge in [0.15, 0.2) is 5.78 Å². The van der Waals surface area contributed by atoms with E-state index in [9.17, 15) is 9.59 Å². The predicted octanol–water partition coefficient (Wildman–Crippen LogP) is 4.36. The van der Waals surface area contributed by atoms with Crippen molar-refractivity contribution in [1.82, 2.24) is 0 Å². The molecule has 0 fully saturated rings. The van der Waals surface area contributed by atoms with Gasteiger partial charge < -0.3 is 4.79 Å². The topological polar surface area (TPSA) is 34.1 Å². The van der Waals surface area contributed by atoms with Crippen LogP contribution in [0.1, 0.15) is 54.9 Å². The molecule has 0 rings (SSSR count). The lowest BCUT2D eigenvalue weighted by Crippen LogP contribution is -2.20. The number of allylic oxidation sites excluding steroid dienone is 4. The van der Waals surface area contributed by atoms with Gasteiger partial charge in [-0.1, -0.05) is 53.7 Å². The molecular formula is C17H28O2. The van der Waals surface area contributed by atoms with E-state index in [1.165, 1.54) is 0 Å². The second kappa shape index (κ2) is 6.83. The van der Waals surface area contributed by atoms with Crippen LogP contribution in [0, 0.1) is 16.7 Å². The summed E-state index contributed by atoms with van der Waals surface area (Å²) in [6.07, 6.45) is 6.86. The molecule has 0 aliphatic carbocycles. The maximum absolute atomic E-state index is 12.0. The van der Waals surface area contributed by atoms with Gasteiger partial charge in [0.1, 0.15) is 6.29 Å². The summed E-state index contributed by atoms with van der Waals surface area (Å²) >= 11 is 0. The molecule has 0 aliphatic rings. The molecule has 0 saturated carbocycles. The lowest BCUT2D eigenvalue weighted by atomic mass is 9.78. The van der Waals surface area contributed by atoms with Gasteiger partial charge in [0, 0.05) is 6.42 Å². The molecule has 0 aromatic rings. The van der Waals surface area contributed by atoms with Gasteiger partial charge in [-0.2, -0.15) is 0 Å². The molecule has 19 heavy (non-hydrogen) atoms. The summed E-state index contributed by atoms with van der Waals surface area (Å²) in [6.45, 7) is 14.2. The molecule has 1 unspecified atom stereocenters. The van der Waals surface area contributed by atoms with Gasteiger partial charge in [-0.3, -0.25) is 4.79 Å². The van der Waals surface area contributed by atoms with Gasteiger partial charge in [0.25, 0.3) is 0 Å². The molecule has 2 heteroatoms. The van der Waals surface area contributed by atoms with Crippen molar-refractivity contribution >= 4 is 12.1 Å². The van der Waals surface area contributed by atoms with Gasteiger partial charge >= 0.3 is 0 Å². The van der Waals surface area contributed by atoms with E-state index in [0.717, 1.165) is 6.29 Å². The van der Waals surface area contributed by atoms with E-state index >= 15 is 0 Å². The summed E-state index contributed by atoms with van der Waals surface area (Å²) in [7, 11) is 0. The second-order valence-corrected chi connectivity index (χ2v) is 7.29. The first kappa shape index (κ1) is 17.8. The molecular weight excluding hydrogens is 236 g/mol. The van der Waals surface area contributed by atoms with E-state index < -0.39 is 0 Å². The summed E-state index contributed by atoms with van der Waals surface area (Å²) in [5, 5.41) is 0. The fourth-order valence-corrected chi connectivity index (χ4v) is 1.62. The number of carbonyl (C=O) groups is 2. The zero-order valence-electron chi connectivity index (χ0n) is 13.4. The molecule has 108 valence electrons. The number of hydrogen-bond donors (Lipinski definition) is 0. The smallest absolute Gasteiger partial charge is 0.180 e. The zero-order valence-corrected chi connectivity index (χ0v) is 13.4. The molecule has 0 heterocycles. The third kappa shape index (κ3) is 7.76. The molecule has 0 aliphatic heterocycles. The van der Waals surface area contributed by atoms with Crippen molar-refractivity contribution in [3.05, 3.63) is 23.8 Å². The van der Waals surface area contributed by atoms with Gasteiger partial charge in [0.2, 0.25) is 0 Å². The van der Waals surface area contributed by atoms with Crippen molar-refractivity contribution in [1.29, 1.82) is 0 Å². The number of ketones is 1. The van der Waals surface area contributed by atoms with Crippen LogP contribution < -0.4 is 0 Å². The van der Waals surface area contributed by atoms with E-state index in [-0.39, 0.29) is 22.5 Å². The van der Waals surface area contributed by atoms with Crippen LogP contribution in [0.4, 0.5) is 0 Å². The van der Waals surface area contributed by atoms with Crippen molar-refractivity contribution in [2.75, 3.05) is 0 Å². The summed E-state index contributed by atoms with van der Waals surface area (Å²) in [6, 6.07) is 0. The Hall–Kier alpha value is -1.18. The van der Waals surface area contributed by atoms with E-state index in [1.807, 2.05) is 19.1 Å². The van der Waals surface area contributed by atoms with Crippen LogP contribution >= 0.6 is 0 Å². The quantitative estimate of drug-likeness (QED) is 0.546. The Bertz CT molecular complexity index is 373. The molecule has 0 saturated heterocycles. The van der Waals surface area contributed by atoms with Gasteiger partial charge in [0.05, 0.1) is 0 Å². The van der Waals surface area contributed by atoms with Crippen LogP contribution in [0.3, 0.4) is 0 Å². The van der Waals surface area contributed by atoms with Crippen LogP contribution in [0.5, 0.6) is 0 Å². The molecule has 0 bridgehead atoms. The molecule has 1 atom stereocenters. The zero-order chi connectivity index (χ0) is 15.3. The third-order valence-corrected chi connectivity index (χ3v) is 3.04. The lowest BCUT2D eigenvalue weighted by molar-refractivity contribution is -0.111. The minimum Gasteiger partial charge on any atom is -0.303 e. The first-order valence-electron chi connectivity index (χ1n) is 6.83. The minimum absolute atomic E-state index is 0.00215. The Kier molecular flexibility index (Phi) is 6.41. The van der Waals surface area contributed by atoms with Crippen molar-refractivity contribution in [2.45, 2.75) is 54.9 Å². The highest BCUT2D eigenvalue weighted by Gasteiger charge is 2.22. The summed E-state index contributed by atoms with van der Waals surface area (Å²) in [5.41, 5.74) is 0.695. The standard InChI is InChI=1S/C17H28O2/c1-13(15(19)8-10-16(2,3)4)12-14(9-11-18)17(5,6)7/h8,10-12,14H,9H2,1-7H3. The third-order valence-electron chi connectivity index (χ3n) is 3.04. The Morgan fingerprint density at radius 3 is 2.00 bits per heavy atom. The van der Waals surface area contributed by atoms with Gasteiger partial charge in [-0.15, -0.1) is 0 Å².